The van der Waals surface area contributed by atoms with Crippen LogP contribution in [0.5, 0.6) is 0 Å². The summed E-state index contributed by atoms with van der Waals surface area (Å²) in [4.78, 5) is 23.6. The fourth-order valence-electron chi connectivity index (χ4n) is 2.44. The first kappa shape index (κ1) is 19.5. The normalized spacial score (nSPS) is 11.7. The van der Waals surface area contributed by atoms with Crippen molar-refractivity contribution in [3.8, 4) is 0 Å². The summed E-state index contributed by atoms with van der Waals surface area (Å²) >= 11 is 0. The zero-order valence-electron chi connectivity index (χ0n) is 15.3. The maximum Gasteiger partial charge on any atom is 0.333 e. The number of furan rings is 1. The molecule has 0 aliphatic heterocycles. The highest BCUT2D eigenvalue weighted by atomic mass is 16.5. The third kappa shape index (κ3) is 5.93. The number of hydrogen-bond donors (Lipinski definition) is 3. The van der Waals surface area contributed by atoms with Crippen LogP contribution in [0.2, 0.25) is 0 Å². The fraction of sp³-hybridized carbons (Fsp3) is 0.368. The number of hydrogen-bond acceptors (Lipinski definition) is 4. The number of aryl methyl sites for hydroxylation is 2. The van der Waals surface area contributed by atoms with Crippen molar-refractivity contribution in [2.24, 2.45) is 0 Å². The van der Waals surface area contributed by atoms with Crippen LogP contribution in [-0.4, -0.2) is 25.1 Å². The van der Waals surface area contributed by atoms with Crippen LogP contribution in [0.1, 0.15) is 46.9 Å². The predicted octanol–water partition coefficient (Wildman–Crippen LogP) is 3.01. The van der Waals surface area contributed by atoms with Crippen molar-refractivity contribution in [2.75, 3.05) is 13.2 Å². The summed E-state index contributed by atoms with van der Waals surface area (Å²) < 4.78 is 11.0. The Labute approximate surface area is 153 Å². The number of carbonyl (C=O) groups is 2. The van der Waals surface area contributed by atoms with Crippen molar-refractivity contribution < 1.29 is 18.7 Å². The Hall–Kier alpha value is -2.80. The fourth-order valence-corrected chi connectivity index (χ4v) is 2.44. The second-order valence-corrected chi connectivity index (χ2v) is 5.94. The second-order valence-electron chi connectivity index (χ2n) is 5.94. The maximum atomic E-state index is 11.9. The molecule has 0 fully saturated rings. The molecule has 1 heterocycles. The van der Waals surface area contributed by atoms with Gasteiger partial charge in [0.2, 0.25) is 0 Å². The van der Waals surface area contributed by atoms with Gasteiger partial charge >= 0.3 is 6.03 Å². The molecule has 0 radical (unpaired) electrons. The SMILES string of the molecule is Cc1cc(C(=O)NNC(=O)NCCCO[C@H](C)c2ccccc2)c(C)o1. The molecule has 3 amide bonds. The van der Waals surface area contributed by atoms with Gasteiger partial charge in [-0.05, 0) is 38.8 Å². The first-order valence-electron chi connectivity index (χ1n) is 8.55. The molecule has 2 rings (SSSR count). The zero-order valence-corrected chi connectivity index (χ0v) is 15.3. The van der Waals surface area contributed by atoms with Gasteiger partial charge in [0, 0.05) is 13.2 Å². The van der Waals surface area contributed by atoms with Crippen LogP contribution in [0.15, 0.2) is 40.8 Å². The highest BCUT2D eigenvalue weighted by molar-refractivity contribution is 5.96. The molecule has 0 aliphatic carbocycles. The van der Waals surface area contributed by atoms with Crippen molar-refractivity contribution in [2.45, 2.75) is 33.3 Å². The maximum absolute atomic E-state index is 11.9. The number of hydrazine groups is 1. The van der Waals surface area contributed by atoms with Crippen LogP contribution in [0.4, 0.5) is 4.79 Å². The van der Waals surface area contributed by atoms with Crippen molar-refractivity contribution in [1.82, 2.24) is 16.2 Å². The largest absolute Gasteiger partial charge is 0.466 e. The van der Waals surface area contributed by atoms with E-state index in [1.165, 1.54) is 0 Å². The van der Waals surface area contributed by atoms with E-state index in [1.54, 1.807) is 19.9 Å². The smallest absolute Gasteiger partial charge is 0.333 e. The molecule has 2 aromatic rings. The number of urea groups is 1. The molecule has 0 saturated carbocycles. The molecule has 1 aromatic heterocycles. The molecule has 0 saturated heterocycles. The summed E-state index contributed by atoms with van der Waals surface area (Å²) in [6.45, 7) is 6.40. The molecule has 0 bridgehead atoms. The Morgan fingerprint density at radius 3 is 2.54 bits per heavy atom. The molecule has 0 unspecified atom stereocenters. The van der Waals surface area contributed by atoms with Crippen LogP contribution in [-0.2, 0) is 4.74 Å². The molecule has 0 spiro atoms. The molecule has 26 heavy (non-hydrogen) atoms. The Bertz CT molecular complexity index is 728. The van der Waals surface area contributed by atoms with Gasteiger partial charge in [-0.1, -0.05) is 30.3 Å². The highest BCUT2D eigenvalue weighted by Crippen LogP contribution is 2.15. The monoisotopic (exact) mass is 359 g/mol. The summed E-state index contributed by atoms with van der Waals surface area (Å²) in [5, 5.41) is 2.65. The first-order chi connectivity index (χ1) is 12.5. The number of nitrogens with one attached hydrogen (secondary N) is 3. The Morgan fingerprint density at radius 2 is 1.88 bits per heavy atom. The average molecular weight is 359 g/mol. The quantitative estimate of drug-likeness (QED) is 0.523. The minimum absolute atomic E-state index is 0.00553. The van der Waals surface area contributed by atoms with E-state index in [0.29, 0.717) is 36.7 Å². The topological polar surface area (TPSA) is 92.6 Å². The lowest BCUT2D eigenvalue weighted by Crippen LogP contribution is -2.47. The molecule has 140 valence electrons. The van der Waals surface area contributed by atoms with Gasteiger partial charge in [0.25, 0.3) is 5.91 Å². The average Bonchev–Trinajstić information content (AvgIpc) is 2.98. The lowest BCUT2D eigenvalue weighted by molar-refractivity contribution is 0.0643. The number of rotatable bonds is 7. The summed E-state index contributed by atoms with van der Waals surface area (Å²) in [6.07, 6.45) is 0.671. The Balaban J connectivity index is 1.59. The number of carbonyl (C=O) groups excluding carboxylic acids is 2. The van der Waals surface area contributed by atoms with E-state index in [0.717, 1.165) is 5.56 Å². The van der Waals surface area contributed by atoms with Gasteiger partial charge in [0.15, 0.2) is 0 Å². The lowest BCUT2D eigenvalue weighted by atomic mass is 10.1. The van der Waals surface area contributed by atoms with Crippen LogP contribution < -0.4 is 16.2 Å². The number of amides is 3. The standard InChI is InChI=1S/C19H25N3O4/c1-13-12-17(15(3)26-13)18(23)21-22-19(24)20-10-7-11-25-14(2)16-8-5-4-6-9-16/h4-6,8-9,12,14H,7,10-11H2,1-3H3,(H,21,23)(H2,20,22,24)/t14-/m1/s1. The highest BCUT2D eigenvalue weighted by Gasteiger charge is 2.13. The van der Waals surface area contributed by atoms with E-state index in [1.807, 2.05) is 37.3 Å². The van der Waals surface area contributed by atoms with Gasteiger partial charge in [-0.2, -0.15) is 0 Å². The van der Waals surface area contributed by atoms with Crippen molar-refractivity contribution in [1.29, 1.82) is 0 Å². The Kier molecular flexibility index (Phi) is 7.23. The molecular weight excluding hydrogens is 334 g/mol. The first-order valence-corrected chi connectivity index (χ1v) is 8.55. The molecule has 3 N–H and O–H groups in total. The van der Waals surface area contributed by atoms with Gasteiger partial charge in [-0.25, -0.2) is 10.2 Å². The van der Waals surface area contributed by atoms with Gasteiger partial charge in [0.1, 0.15) is 11.5 Å². The minimum Gasteiger partial charge on any atom is -0.466 e. The van der Waals surface area contributed by atoms with Gasteiger partial charge in [-0.3, -0.25) is 10.2 Å². The Morgan fingerprint density at radius 1 is 1.15 bits per heavy atom. The summed E-state index contributed by atoms with van der Waals surface area (Å²) in [5.74, 6) is 0.725. The minimum atomic E-state index is -0.479. The van der Waals surface area contributed by atoms with Gasteiger partial charge in [-0.15, -0.1) is 0 Å². The molecule has 0 aliphatic rings. The molecule has 1 aromatic carbocycles. The van der Waals surface area contributed by atoms with E-state index < -0.39 is 11.9 Å². The van der Waals surface area contributed by atoms with Crippen molar-refractivity contribution in [3.05, 3.63) is 59.0 Å². The lowest BCUT2D eigenvalue weighted by Gasteiger charge is -2.13. The van der Waals surface area contributed by atoms with E-state index >= 15 is 0 Å². The molecular formula is C19H25N3O4. The summed E-state index contributed by atoms with van der Waals surface area (Å²) in [5.41, 5.74) is 6.16. The second kappa shape index (κ2) is 9.62. The van der Waals surface area contributed by atoms with Gasteiger partial charge < -0.3 is 14.5 Å². The molecule has 7 nitrogen and oxygen atoms in total. The van der Waals surface area contributed by atoms with Crippen LogP contribution in [0.3, 0.4) is 0 Å². The van der Waals surface area contributed by atoms with E-state index in [4.69, 9.17) is 9.15 Å². The summed E-state index contributed by atoms with van der Waals surface area (Å²) in [7, 11) is 0. The van der Waals surface area contributed by atoms with Crippen LogP contribution in [0.25, 0.3) is 0 Å². The van der Waals surface area contributed by atoms with Crippen LogP contribution >= 0.6 is 0 Å². The van der Waals surface area contributed by atoms with Crippen molar-refractivity contribution in [3.63, 3.8) is 0 Å². The predicted molar refractivity (Wildman–Crippen MR) is 97.6 cm³/mol. The molecule has 1 atom stereocenters. The van der Waals surface area contributed by atoms with E-state index in [2.05, 4.69) is 16.2 Å². The van der Waals surface area contributed by atoms with Crippen molar-refractivity contribution >= 4 is 11.9 Å². The summed E-state index contributed by atoms with van der Waals surface area (Å²) in [6, 6.07) is 11.1. The van der Waals surface area contributed by atoms with Gasteiger partial charge in [0.05, 0.1) is 11.7 Å². The third-order valence-corrected chi connectivity index (χ3v) is 3.82. The van der Waals surface area contributed by atoms with Crippen LogP contribution in [0, 0.1) is 13.8 Å². The zero-order chi connectivity index (χ0) is 18.9. The number of ether oxygens (including phenoxy) is 1. The van der Waals surface area contributed by atoms with E-state index in [-0.39, 0.29) is 6.10 Å². The molecule has 7 heteroatoms. The van der Waals surface area contributed by atoms with E-state index in [9.17, 15) is 9.59 Å². The third-order valence-electron chi connectivity index (χ3n) is 3.82. The number of benzene rings is 1.